The van der Waals surface area contributed by atoms with Crippen LogP contribution in [0, 0.1) is 11.3 Å². The third-order valence-electron chi connectivity index (χ3n) is 3.09. The Bertz CT molecular complexity index is 758. The van der Waals surface area contributed by atoms with E-state index in [1.165, 1.54) is 18.2 Å². The zero-order valence-corrected chi connectivity index (χ0v) is 12.0. The summed E-state index contributed by atoms with van der Waals surface area (Å²) in [7, 11) is 0. The minimum atomic E-state index is -0.516. The van der Waals surface area contributed by atoms with Crippen molar-refractivity contribution in [3.05, 3.63) is 64.7 Å². The molecule has 0 aliphatic rings. The number of hydrogen-bond donors (Lipinski definition) is 1. The lowest BCUT2D eigenvalue weighted by molar-refractivity contribution is 0.0527. The highest BCUT2D eigenvalue weighted by Gasteiger charge is 2.15. The lowest BCUT2D eigenvalue weighted by Crippen LogP contribution is -2.10. The van der Waals surface area contributed by atoms with Crippen LogP contribution in [0.3, 0.4) is 0 Å². The molecule has 5 nitrogen and oxygen atoms in total. The van der Waals surface area contributed by atoms with Gasteiger partial charge in [0.2, 0.25) is 0 Å². The highest BCUT2D eigenvalue weighted by Crippen LogP contribution is 2.18. The number of benzene rings is 2. The normalized spacial score (nSPS) is 9.82. The number of carbonyl (C=O) groups excluding carboxylic acids is 2. The summed E-state index contributed by atoms with van der Waals surface area (Å²) in [5.74, 6) is -0.746. The summed E-state index contributed by atoms with van der Waals surface area (Å²) in [5, 5.41) is 8.75. The Morgan fingerprint density at radius 3 is 2.32 bits per heavy atom. The molecule has 110 valence electrons. The molecule has 5 heteroatoms. The highest BCUT2D eigenvalue weighted by molar-refractivity contribution is 6.10. The molecule has 0 saturated heterocycles. The lowest BCUT2D eigenvalue weighted by Gasteiger charge is -2.07. The van der Waals surface area contributed by atoms with Crippen LogP contribution < -0.4 is 5.73 Å². The third kappa shape index (κ3) is 3.13. The van der Waals surface area contributed by atoms with Crippen LogP contribution in [0.25, 0.3) is 0 Å². The second-order valence-corrected chi connectivity index (χ2v) is 4.54. The van der Waals surface area contributed by atoms with Gasteiger partial charge in [-0.1, -0.05) is 6.07 Å². The predicted molar refractivity (Wildman–Crippen MR) is 81.4 cm³/mol. The van der Waals surface area contributed by atoms with Crippen molar-refractivity contribution in [1.82, 2.24) is 0 Å². The van der Waals surface area contributed by atoms with Gasteiger partial charge < -0.3 is 10.5 Å². The summed E-state index contributed by atoms with van der Waals surface area (Å²) < 4.78 is 4.88. The molecule has 0 amide bonds. The zero-order chi connectivity index (χ0) is 16.1. The number of anilines is 1. The first-order valence-corrected chi connectivity index (χ1v) is 6.68. The van der Waals surface area contributed by atoms with Gasteiger partial charge in [0.05, 0.1) is 23.8 Å². The number of nitrogens with two attached hydrogens (primary N) is 1. The standard InChI is InChI=1S/C17H14N2O3/c1-2-22-17(21)14-8-7-13(9-15(14)19)16(20)12-5-3-11(10-18)4-6-12/h3-9H,2,19H2,1H3. The predicted octanol–water partition coefficient (Wildman–Crippen LogP) is 2.55. The molecular formula is C17H14N2O3. The Kier molecular flexibility index (Phi) is 4.54. The number of ether oxygens (including phenoxy) is 1. The van der Waals surface area contributed by atoms with Crippen molar-refractivity contribution in [2.75, 3.05) is 12.3 Å². The van der Waals surface area contributed by atoms with Crippen molar-refractivity contribution in [1.29, 1.82) is 5.26 Å². The second-order valence-electron chi connectivity index (χ2n) is 4.54. The van der Waals surface area contributed by atoms with Gasteiger partial charge in [-0.15, -0.1) is 0 Å². The monoisotopic (exact) mass is 294 g/mol. The number of nitriles is 1. The maximum absolute atomic E-state index is 12.4. The number of nitrogens with zero attached hydrogens (tertiary/aromatic N) is 1. The number of hydrogen-bond acceptors (Lipinski definition) is 5. The van der Waals surface area contributed by atoms with E-state index in [-0.39, 0.29) is 23.6 Å². The minimum absolute atomic E-state index is 0.193. The van der Waals surface area contributed by atoms with Crippen LogP contribution in [0.1, 0.15) is 38.8 Å². The molecule has 0 fully saturated rings. The van der Waals surface area contributed by atoms with Gasteiger partial charge in [0.25, 0.3) is 0 Å². The van der Waals surface area contributed by atoms with Gasteiger partial charge >= 0.3 is 5.97 Å². The third-order valence-corrected chi connectivity index (χ3v) is 3.09. The van der Waals surface area contributed by atoms with Gasteiger partial charge in [-0.25, -0.2) is 4.79 Å². The number of esters is 1. The van der Waals surface area contributed by atoms with Gasteiger partial charge in [0, 0.05) is 16.8 Å². The van der Waals surface area contributed by atoms with E-state index in [1.54, 1.807) is 31.2 Å². The van der Waals surface area contributed by atoms with E-state index in [4.69, 9.17) is 15.7 Å². The molecule has 0 bridgehead atoms. The van der Waals surface area contributed by atoms with Crippen molar-refractivity contribution < 1.29 is 14.3 Å². The molecule has 2 N–H and O–H groups in total. The Hall–Kier alpha value is -3.13. The topological polar surface area (TPSA) is 93.2 Å². The van der Waals surface area contributed by atoms with Crippen LogP contribution in [-0.4, -0.2) is 18.4 Å². The van der Waals surface area contributed by atoms with E-state index in [0.717, 1.165) is 0 Å². The fourth-order valence-corrected chi connectivity index (χ4v) is 1.96. The summed E-state index contributed by atoms with van der Waals surface area (Å²) in [6.45, 7) is 1.96. The van der Waals surface area contributed by atoms with Crippen molar-refractivity contribution in [2.45, 2.75) is 6.92 Å². The summed E-state index contributed by atoms with van der Waals surface area (Å²) in [4.78, 5) is 24.0. The molecule has 22 heavy (non-hydrogen) atoms. The van der Waals surface area contributed by atoms with Gasteiger partial charge in [0.1, 0.15) is 0 Å². The molecule has 0 saturated carbocycles. The zero-order valence-electron chi connectivity index (χ0n) is 12.0. The van der Waals surface area contributed by atoms with E-state index < -0.39 is 5.97 Å². The van der Waals surface area contributed by atoms with Crippen molar-refractivity contribution in [3.8, 4) is 6.07 Å². The van der Waals surface area contributed by atoms with Crippen LogP contribution in [0.2, 0.25) is 0 Å². The van der Waals surface area contributed by atoms with Crippen LogP contribution >= 0.6 is 0 Å². The maximum atomic E-state index is 12.4. The Morgan fingerprint density at radius 2 is 1.77 bits per heavy atom. The van der Waals surface area contributed by atoms with Crippen molar-refractivity contribution in [2.24, 2.45) is 0 Å². The molecule has 2 aromatic carbocycles. The molecule has 2 rings (SSSR count). The second kappa shape index (κ2) is 6.55. The van der Waals surface area contributed by atoms with Gasteiger partial charge in [-0.2, -0.15) is 5.26 Å². The Balaban J connectivity index is 2.29. The van der Waals surface area contributed by atoms with E-state index in [2.05, 4.69) is 0 Å². The fraction of sp³-hybridized carbons (Fsp3) is 0.118. The quantitative estimate of drug-likeness (QED) is 0.531. The smallest absolute Gasteiger partial charge is 0.340 e. The van der Waals surface area contributed by atoms with Gasteiger partial charge in [0.15, 0.2) is 5.78 Å². The largest absolute Gasteiger partial charge is 0.462 e. The average Bonchev–Trinajstić information content (AvgIpc) is 2.54. The van der Waals surface area contributed by atoms with Gasteiger partial charge in [-0.3, -0.25) is 4.79 Å². The average molecular weight is 294 g/mol. The molecule has 0 aliphatic carbocycles. The molecule has 0 unspecified atom stereocenters. The van der Waals surface area contributed by atoms with Crippen LogP contribution in [0.5, 0.6) is 0 Å². The summed E-state index contributed by atoms with van der Waals surface area (Å²) in [6.07, 6.45) is 0. The van der Waals surface area contributed by atoms with Gasteiger partial charge in [-0.05, 0) is 43.3 Å². The number of carbonyl (C=O) groups is 2. The minimum Gasteiger partial charge on any atom is -0.462 e. The van der Waals surface area contributed by atoms with Crippen molar-refractivity contribution >= 4 is 17.4 Å². The van der Waals surface area contributed by atoms with E-state index in [0.29, 0.717) is 16.7 Å². The molecule has 2 aromatic rings. The summed E-state index contributed by atoms with van der Waals surface area (Å²) in [6, 6.07) is 12.8. The fourth-order valence-electron chi connectivity index (χ4n) is 1.96. The Labute approximate surface area is 127 Å². The SMILES string of the molecule is CCOC(=O)c1ccc(C(=O)c2ccc(C#N)cc2)cc1N. The first-order valence-electron chi connectivity index (χ1n) is 6.68. The molecular weight excluding hydrogens is 280 g/mol. The number of nitrogen functional groups attached to an aromatic ring is 1. The molecule has 0 aliphatic heterocycles. The summed E-state index contributed by atoms with van der Waals surface area (Å²) >= 11 is 0. The van der Waals surface area contributed by atoms with Crippen molar-refractivity contribution in [3.63, 3.8) is 0 Å². The summed E-state index contributed by atoms with van der Waals surface area (Å²) in [5.41, 5.74) is 7.54. The number of rotatable bonds is 4. The molecule has 0 radical (unpaired) electrons. The first kappa shape index (κ1) is 15.3. The molecule has 0 aromatic heterocycles. The van der Waals surface area contributed by atoms with E-state index >= 15 is 0 Å². The lowest BCUT2D eigenvalue weighted by atomic mass is 10.00. The van der Waals surface area contributed by atoms with Crippen LogP contribution in [0.4, 0.5) is 5.69 Å². The maximum Gasteiger partial charge on any atom is 0.340 e. The molecule has 0 atom stereocenters. The Morgan fingerprint density at radius 1 is 1.14 bits per heavy atom. The van der Waals surface area contributed by atoms with Crippen LogP contribution in [0.15, 0.2) is 42.5 Å². The van der Waals surface area contributed by atoms with Crippen LogP contribution in [-0.2, 0) is 4.74 Å². The highest BCUT2D eigenvalue weighted by atomic mass is 16.5. The molecule has 0 spiro atoms. The molecule has 0 heterocycles. The first-order chi connectivity index (χ1) is 10.6. The number of ketones is 1. The van der Waals surface area contributed by atoms with E-state index in [9.17, 15) is 9.59 Å². The van der Waals surface area contributed by atoms with E-state index in [1.807, 2.05) is 6.07 Å².